The van der Waals surface area contributed by atoms with Crippen LogP contribution in [0.15, 0.2) is 6.20 Å². The van der Waals surface area contributed by atoms with Gasteiger partial charge in [0, 0.05) is 0 Å². The van der Waals surface area contributed by atoms with Crippen LogP contribution in [0.3, 0.4) is 0 Å². The molecule has 0 aliphatic carbocycles. The zero-order valence-corrected chi connectivity index (χ0v) is 6.44. The first-order chi connectivity index (χ1) is 4.74. The van der Waals surface area contributed by atoms with Gasteiger partial charge in [0.15, 0.2) is 0 Å². The van der Waals surface area contributed by atoms with Crippen LogP contribution in [0.1, 0.15) is 21.6 Å². The van der Waals surface area contributed by atoms with Crippen LogP contribution in [-0.4, -0.2) is 10.9 Å². The standard InChI is InChI=1S/C6H8N2OS/c1-2-5-8-3-4(10-5)6(7)9/h3H,2H2,1H3,(H2,7,9). The van der Waals surface area contributed by atoms with Crippen LogP contribution >= 0.6 is 11.3 Å². The van der Waals surface area contributed by atoms with Crippen molar-refractivity contribution in [3.05, 3.63) is 16.1 Å². The lowest BCUT2D eigenvalue weighted by Crippen LogP contribution is -2.08. The summed E-state index contributed by atoms with van der Waals surface area (Å²) in [5.74, 6) is -0.391. The van der Waals surface area contributed by atoms with Gasteiger partial charge in [-0.05, 0) is 6.42 Å². The van der Waals surface area contributed by atoms with E-state index in [1.54, 1.807) is 0 Å². The molecule has 0 saturated heterocycles. The molecule has 3 nitrogen and oxygen atoms in total. The Labute approximate surface area is 62.9 Å². The third-order valence-corrected chi connectivity index (χ3v) is 2.26. The molecular weight excluding hydrogens is 148 g/mol. The number of carbonyl (C=O) groups is 1. The van der Waals surface area contributed by atoms with E-state index in [-0.39, 0.29) is 0 Å². The van der Waals surface area contributed by atoms with E-state index in [1.165, 1.54) is 17.5 Å². The normalized spacial score (nSPS) is 9.70. The Morgan fingerprint density at radius 2 is 2.60 bits per heavy atom. The van der Waals surface area contributed by atoms with Crippen LogP contribution in [0.25, 0.3) is 0 Å². The van der Waals surface area contributed by atoms with Gasteiger partial charge in [-0.1, -0.05) is 6.92 Å². The second-order valence-electron chi connectivity index (χ2n) is 1.84. The maximum absolute atomic E-state index is 10.5. The van der Waals surface area contributed by atoms with Crippen molar-refractivity contribution in [3.8, 4) is 0 Å². The highest BCUT2D eigenvalue weighted by Gasteiger charge is 2.03. The van der Waals surface area contributed by atoms with E-state index < -0.39 is 5.91 Å². The second-order valence-corrected chi connectivity index (χ2v) is 2.95. The van der Waals surface area contributed by atoms with Crippen LogP contribution in [-0.2, 0) is 6.42 Å². The molecular formula is C6H8N2OS. The van der Waals surface area contributed by atoms with Gasteiger partial charge < -0.3 is 5.73 Å². The summed E-state index contributed by atoms with van der Waals surface area (Å²) in [6, 6.07) is 0. The average molecular weight is 156 g/mol. The summed E-state index contributed by atoms with van der Waals surface area (Å²) in [5, 5.41) is 0.953. The molecule has 54 valence electrons. The van der Waals surface area contributed by atoms with Gasteiger partial charge in [-0.2, -0.15) is 0 Å². The number of hydrogen-bond donors (Lipinski definition) is 1. The Morgan fingerprint density at radius 3 is 2.90 bits per heavy atom. The number of primary amides is 1. The number of aryl methyl sites for hydroxylation is 1. The summed E-state index contributed by atoms with van der Waals surface area (Å²) < 4.78 is 0. The van der Waals surface area contributed by atoms with Crippen molar-refractivity contribution < 1.29 is 4.79 Å². The summed E-state index contributed by atoms with van der Waals surface area (Å²) in [4.78, 5) is 15.0. The van der Waals surface area contributed by atoms with Crippen molar-refractivity contribution in [2.75, 3.05) is 0 Å². The first-order valence-corrected chi connectivity index (χ1v) is 3.80. The molecule has 2 N–H and O–H groups in total. The van der Waals surface area contributed by atoms with Crippen molar-refractivity contribution >= 4 is 17.2 Å². The van der Waals surface area contributed by atoms with Gasteiger partial charge in [-0.25, -0.2) is 4.98 Å². The highest BCUT2D eigenvalue weighted by atomic mass is 32.1. The van der Waals surface area contributed by atoms with E-state index in [4.69, 9.17) is 5.73 Å². The van der Waals surface area contributed by atoms with Crippen molar-refractivity contribution in [2.24, 2.45) is 5.73 Å². The lowest BCUT2D eigenvalue weighted by Gasteiger charge is -1.82. The van der Waals surface area contributed by atoms with E-state index in [2.05, 4.69) is 4.98 Å². The van der Waals surface area contributed by atoms with Crippen molar-refractivity contribution in [2.45, 2.75) is 13.3 Å². The Balaban J connectivity index is 2.88. The van der Waals surface area contributed by atoms with E-state index in [9.17, 15) is 4.79 Å². The maximum Gasteiger partial charge on any atom is 0.260 e. The Hall–Kier alpha value is -0.900. The lowest BCUT2D eigenvalue weighted by atomic mass is 10.5. The predicted molar refractivity (Wildman–Crippen MR) is 40.0 cm³/mol. The SMILES string of the molecule is CCc1ncc(C(N)=O)s1. The summed E-state index contributed by atoms with van der Waals surface area (Å²) in [6.45, 7) is 1.99. The summed E-state index contributed by atoms with van der Waals surface area (Å²) in [7, 11) is 0. The molecule has 0 saturated carbocycles. The molecule has 1 rings (SSSR count). The van der Waals surface area contributed by atoms with Gasteiger partial charge in [0.1, 0.15) is 4.88 Å². The molecule has 0 aromatic carbocycles. The van der Waals surface area contributed by atoms with Crippen LogP contribution in [0, 0.1) is 0 Å². The monoisotopic (exact) mass is 156 g/mol. The number of nitrogens with zero attached hydrogens (tertiary/aromatic N) is 1. The second kappa shape index (κ2) is 2.79. The van der Waals surface area contributed by atoms with Crippen molar-refractivity contribution in [3.63, 3.8) is 0 Å². The van der Waals surface area contributed by atoms with Gasteiger partial charge in [0.25, 0.3) is 5.91 Å². The molecule has 4 heteroatoms. The fourth-order valence-electron chi connectivity index (χ4n) is 0.588. The summed E-state index contributed by atoms with van der Waals surface area (Å²) in [5.41, 5.74) is 5.01. The van der Waals surface area contributed by atoms with Gasteiger partial charge in [0.2, 0.25) is 0 Å². The Morgan fingerprint density at radius 1 is 1.90 bits per heavy atom. The van der Waals surface area contributed by atoms with Gasteiger partial charge in [-0.3, -0.25) is 4.79 Å². The third kappa shape index (κ3) is 1.33. The molecule has 0 fully saturated rings. The number of thiazole rings is 1. The number of aromatic nitrogens is 1. The van der Waals surface area contributed by atoms with Gasteiger partial charge in [-0.15, -0.1) is 11.3 Å². The molecule has 1 heterocycles. The van der Waals surface area contributed by atoms with E-state index in [0.29, 0.717) is 4.88 Å². The number of hydrogen-bond acceptors (Lipinski definition) is 3. The number of carbonyl (C=O) groups excluding carboxylic acids is 1. The Bertz CT molecular complexity index is 244. The van der Waals surface area contributed by atoms with Crippen LogP contribution in [0.2, 0.25) is 0 Å². The molecule has 0 radical (unpaired) electrons. The van der Waals surface area contributed by atoms with Gasteiger partial charge >= 0.3 is 0 Å². The van der Waals surface area contributed by atoms with E-state index >= 15 is 0 Å². The maximum atomic E-state index is 10.5. The fraction of sp³-hybridized carbons (Fsp3) is 0.333. The minimum atomic E-state index is -0.391. The van der Waals surface area contributed by atoms with Gasteiger partial charge in [0.05, 0.1) is 11.2 Å². The first-order valence-electron chi connectivity index (χ1n) is 2.98. The van der Waals surface area contributed by atoms with E-state index in [1.807, 2.05) is 6.92 Å². The topological polar surface area (TPSA) is 56.0 Å². The van der Waals surface area contributed by atoms with Crippen LogP contribution in [0.4, 0.5) is 0 Å². The first kappa shape index (κ1) is 7.21. The molecule has 1 amide bonds. The Kier molecular flexibility index (Phi) is 2.01. The molecule has 0 atom stereocenters. The number of nitrogens with two attached hydrogens (primary N) is 1. The molecule has 10 heavy (non-hydrogen) atoms. The molecule has 0 unspecified atom stereocenters. The summed E-state index contributed by atoms with van der Waals surface area (Å²) >= 11 is 1.36. The molecule has 0 aliphatic heterocycles. The largest absolute Gasteiger partial charge is 0.365 e. The average Bonchev–Trinajstić information content (AvgIpc) is 2.34. The number of amides is 1. The van der Waals surface area contributed by atoms with Crippen LogP contribution < -0.4 is 5.73 Å². The van der Waals surface area contributed by atoms with Crippen molar-refractivity contribution in [1.82, 2.24) is 4.98 Å². The minimum absolute atomic E-state index is 0.391. The molecule has 0 bridgehead atoms. The van der Waals surface area contributed by atoms with Crippen LogP contribution in [0.5, 0.6) is 0 Å². The van der Waals surface area contributed by atoms with E-state index in [0.717, 1.165) is 11.4 Å². The fourth-order valence-corrected chi connectivity index (χ4v) is 1.30. The predicted octanol–water partition coefficient (Wildman–Crippen LogP) is 0.804. The molecule has 1 aromatic rings. The van der Waals surface area contributed by atoms with Crippen molar-refractivity contribution in [1.29, 1.82) is 0 Å². The highest BCUT2D eigenvalue weighted by Crippen LogP contribution is 2.11. The molecule has 0 aliphatic rings. The summed E-state index contributed by atoms with van der Waals surface area (Å²) in [6.07, 6.45) is 2.38. The minimum Gasteiger partial charge on any atom is -0.365 e. The third-order valence-electron chi connectivity index (χ3n) is 1.10. The quantitative estimate of drug-likeness (QED) is 0.688. The lowest BCUT2D eigenvalue weighted by molar-refractivity contribution is 0.100. The zero-order chi connectivity index (χ0) is 7.56. The zero-order valence-electron chi connectivity index (χ0n) is 5.63. The number of rotatable bonds is 2. The molecule has 1 aromatic heterocycles. The highest BCUT2D eigenvalue weighted by molar-refractivity contribution is 7.13. The smallest absolute Gasteiger partial charge is 0.260 e. The molecule has 0 spiro atoms.